The number of pyridine rings is 1. The topological polar surface area (TPSA) is 32.9 Å². The van der Waals surface area contributed by atoms with E-state index in [0.717, 1.165) is 5.56 Å². The van der Waals surface area contributed by atoms with E-state index < -0.39 is 17.3 Å². The Kier molecular flexibility index (Phi) is 4.01. The summed E-state index contributed by atoms with van der Waals surface area (Å²) in [6.07, 6.45) is -4.73. The molecule has 0 saturated carbocycles. The molecule has 1 N–H and O–H groups in total. The zero-order valence-electron chi connectivity index (χ0n) is 12.8. The summed E-state index contributed by atoms with van der Waals surface area (Å²) in [7, 11) is 0. The van der Waals surface area contributed by atoms with Crippen LogP contribution in [0.1, 0.15) is 11.1 Å². The van der Waals surface area contributed by atoms with E-state index in [0.29, 0.717) is 16.8 Å². The maximum absolute atomic E-state index is 13.4. The van der Waals surface area contributed by atoms with Crippen molar-refractivity contribution in [2.24, 2.45) is 0 Å². The molecule has 122 valence electrons. The highest BCUT2D eigenvalue weighted by Gasteiger charge is 2.37. The van der Waals surface area contributed by atoms with Crippen LogP contribution in [0.15, 0.2) is 65.5 Å². The van der Waals surface area contributed by atoms with Gasteiger partial charge in [-0.3, -0.25) is 4.79 Å². The van der Waals surface area contributed by atoms with Crippen LogP contribution in [0.25, 0.3) is 22.4 Å². The number of halogens is 3. The van der Waals surface area contributed by atoms with Crippen LogP contribution >= 0.6 is 0 Å². The predicted molar refractivity (Wildman–Crippen MR) is 87.7 cm³/mol. The van der Waals surface area contributed by atoms with Crippen LogP contribution in [-0.4, -0.2) is 4.98 Å². The van der Waals surface area contributed by atoms with Crippen molar-refractivity contribution in [1.29, 1.82) is 0 Å². The zero-order valence-corrected chi connectivity index (χ0v) is 12.8. The summed E-state index contributed by atoms with van der Waals surface area (Å²) in [5.74, 6) is 0. The van der Waals surface area contributed by atoms with Gasteiger partial charge in [0.05, 0.1) is 0 Å². The maximum Gasteiger partial charge on any atom is 0.422 e. The molecule has 1 aromatic heterocycles. The molecular formula is C19H14F3NO. The van der Waals surface area contributed by atoms with E-state index >= 15 is 0 Å². The van der Waals surface area contributed by atoms with Crippen molar-refractivity contribution in [1.82, 2.24) is 4.98 Å². The first-order valence-corrected chi connectivity index (χ1v) is 7.33. The minimum Gasteiger partial charge on any atom is -0.321 e. The lowest BCUT2D eigenvalue weighted by Crippen LogP contribution is -2.23. The van der Waals surface area contributed by atoms with Crippen molar-refractivity contribution in [2.45, 2.75) is 13.1 Å². The number of hydrogen-bond donors (Lipinski definition) is 1. The van der Waals surface area contributed by atoms with Gasteiger partial charge in [0.15, 0.2) is 0 Å². The normalized spacial score (nSPS) is 11.5. The summed E-state index contributed by atoms with van der Waals surface area (Å²) in [4.78, 5) is 14.5. The molecule has 0 bridgehead atoms. The van der Waals surface area contributed by atoms with E-state index in [1.165, 1.54) is 6.07 Å². The summed E-state index contributed by atoms with van der Waals surface area (Å²) >= 11 is 0. The van der Waals surface area contributed by atoms with E-state index in [-0.39, 0.29) is 5.56 Å². The Labute approximate surface area is 136 Å². The Hall–Kier alpha value is -2.82. The van der Waals surface area contributed by atoms with E-state index in [9.17, 15) is 18.0 Å². The van der Waals surface area contributed by atoms with Gasteiger partial charge in [-0.15, -0.1) is 0 Å². The number of H-pyrrole nitrogens is 1. The molecule has 3 aromatic rings. The van der Waals surface area contributed by atoms with E-state index in [4.69, 9.17) is 0 Å². The monoisotopic (exact) mass is 329 g/mol. The minimum absolute atomic E-state index is 0.120. The minimum atomic E-state index is -4.73. The highest BCUT2D eigenvalue weighted by Crippen LogP contribution is 2.36. The number of alkyl halides is 3. The van der Waals surface area contributed by atoms with Crippen LogP contribution in [0.3, 0.4) is 0 Å². The van der Waals surface area contributed by atoms with Gasteiger partial charge in [-0.25, -0.2) is 0 Å². The third-order valence-electron chi connectivity index (χ3n) is 3.76. The first-order valence-electron chi connectivity index (χ1n) is 7.33. The zero-order chi connectivity index (χ0) is 17.3. The van der Waals surface area contributed by atoms with Crippen LogP contribution in [0.5, 0.6) is 0 Å². The van der Waals surface area contributed by atoms with Gasteiger partial charge in [-0.1, -0.05) is 60.2 Å². The molecule has 0 atom stereocenters. The lowest BCUT2D eigenvalue weighted by molar-refractivity contribution is -0.138. The van der Waals surface area contributed by atoms with Crippen LogP contribution in [0.2, 0.25) is 0 Å². The second kappa shape index (κ2) is 6.00. The highest BCUT2D eigenvalue weighted by atomic mass is 19.4. The Balaban J connectivity index is 2.29. The molecule has 0 aliphatic rings. The molecule has 2 nitrogen and oxygen atoms in total. The molecule has 2 aromatic carbocycles. The molecule has 0 amide bonds. The molecular weight excluding hydrogens is 315 g/mol. The van der Waals surface area contributed by atoms with Crippen molar-refractivity contribution in [3.05, 3.63) is 82.1 Å². The molecule has 1 heterocycles. The van der Waals surface area contributed by atoms with Crippen molar-refractivity contribution >= 4 is 0 Å². The Morgan fingerprint density at radius 1 is 0.875 bits per heavy atom. The van der Waals surface area contributed by atoms with Gasteiger partial charge in [0.1, 0.15) is 5.56 Å². The number of aromatic amines is 1. The van der Waals surface area contributed by atoms with Gasteiger partial charge in [-0.2, -0.15) is 13.2 Å². The van der Waals surface area contributed by atoms with Crippen LogP contribution in [0.4, 0.5) is 13.2 Å². The largest absolute Gasteiger partial charge is 0.422 e. The summed E-state index contributed by atoms with van der Waals surface area (Å²) in [6, 6.07) is 16.8. The molecule has 0 aliphatic heterocycles. The molecule has 0 radical (unpaired) electrons. The van der Waals surface area contributed by atoms with E-state index in [1.807, 2.05) is 6.92 Å². The van der Waals surface area contributed by atoms with Crippen LogP contribution in [-0.2, 0) is 6.18 Å². The van der Waals surface area contributed by atoms with Gasteiger partial charge < -0.3 is 4.98 Å². The lowest BCUT2D eigenvalue weighted by atomic mass is 9.97. The SMILES string of the molecule is Cc1ccc(-c2cc(-c3ccccc3)[nH]c(=O)c2C(F)(F)F)cc1. The van der Waals surface area contributed by atoms with Gasteiger partial charge in [-0.05, 0) is 24.1 Å². The van der Waals surface area contributed by atoms with Crippen molar-refractivity contribution in [2.75, 3.05) is 0 Å². The number of benzene rings is 2. The van der Waals surface area contributed by atoms with Crippen LogP contribution < -0.4 is 5.56 Å². The second-order valence-corrected chi connectivity index (χ2v) is 5.53. The molecule has 24 heavy (non-hydrogen) atoms. The number of aromatic nitrogens is 1. The fraction of sp³-hybridized carbons (Fsp3) is 0.105. The summed E-state index contributed by atoms with van der Waals surface area (Å²) < 4.78 is 40.2. The molecule has 0 saturated heterocycles. The molecule has 0 unspecified atom stereocenters. The fourth-order valence-corrected chi connectivity index (χ4v) is 2.58. The standard InChI is InChI=1S/C19H14F3NO/c1-12-7-9-13(10-8-12)15-11-16(14-5-3-2-4-6-14)23-18(24)17(15)19(20,21)22/h2-11H,1H3,(H,23,24). The van der Waals surface area contributed by atoms with E-state index in [2.05, 4.69) is 4.98 Å². The van der Waals surface area contributed by atoms with Crippen LogP contribution in [0, 0.1) is 6.92 Å². The van der Waals surface area contributed by atoms with E-state index in [1.54, 1.807) is 54.6 Å². The molecule has 0 fully saturated rings. The van der Waals surface area contributed by atoms with Crippen molar-refractivity contribution in [3.63, 3.8) is 0 Å². The average molecular weight is 329 g/mol. The summed E-state index contributed by atoms with van der Waals surface area (Å²) in [5.41, 5.74) is -0.145. The van der Waals surface area contributed by atoms with Crippen molar-refractivity contribution in [3.8, 4) is 22.4 Å². The third kappa shape index (κ3) is 3.11. The van der Waals surface area contributed by atoms with Gasteiger partial charge in [0.2, 0.25) is 0 Å². The smallest absolute Gasteiger partial charge is 0.321 e. The van der Waals surface area contributed by atoms with Crippen molar-refractivity contribution < 1.29 is 13.2 Å². The number of aryl methyl sites for hydroxylation is 1. The maximum atomic E-state index is 13.4. The molecule has 0 aliphatic carbocycles. The number of nitrogens with one attached hydrogen (secondary N) is 1. The third-order valence-corrected chi connectivity index (χ3v) is 3.76. The fourth-order valence-electron chi connectivity index (χ4n) is 2.58. The average Bonchev–Trinajstić information content (AvgIpc) is 2.54. The Morgan fingerprint density at radius 3 is 2.08 bits per heavy atom. The highest BCUT2D eigenvalue weighted by molar-refractivity contribution is 5.73. The molecule has 3 rings (SSSR count). The first kappa shape index (κ1) is 16.1. The Morgan fingerprint density at radius 2 is 1.50 bits per heavy atom. The lowest BCUT2D eigenvalue weighted by Gasteiger charge is -2.14. The summed E-state index contributed by atoms with van der Waals surface area (Å²) in [5, 5.41) is 0. The predicted octanol–water partition coefficient (Wildman–Crippen LogP) is 5.04. The molecule has 5 heteroatoms. The summed E-state index contributed by atoms with van der Waals surface area (Å²) in [6.45, 7) is 1.85. The first-order chi connectivity index (χ1) is 11.4. The van der Waals surface area contributed by atoms with Gasteiger partial charge >= 0.3 is 6.18 Å². The second-order valence-electron chi connectivity index (χ2n) is 5.53. The van der Waals surface area contributed by atoms with Gasteiger partial charge in [0, 0.05) is 11.3 Å². The Bertz CT molecular complexity index is 910. The molecule has 0 spiro atoms. The number of hydrogen-bond acceptors (Lipinski definition) is 1. The number of rotatable bonds is 2. The quantitative estimate of drug-likeness (QED) is 0.702. The van der Waals surface area contributed by atoms with Gasteiger partial charge in [0.25, 0.3) is 5.56 Å².